The molecule has 4 fully saturated rings. The van der Waals surface area contributed by atoms with Gasteiger partial charge in [0.05, 0.1) is 31.7 Å². The molecule has 0 aliphatic heterocycles. The van der Waals surface area contributed by atoms with Gasteiger partial charge in [0.1, 0.15) is 11.8 Å². The van der Waals surface area contributed by atoms with Crippen molar-refractivity contribution in [1.82, 2.24) is 16.0 Å². The number of phenolic OH excluding ortho intramolecular Hbond substituents is 1. The third-order valence-corrected chi connectivity index (χ3v) is 11.5. The van der Waals surface area contributed by atoms with Gasteiger partial charge in [-0.3, -0.25) is 24.0 Å². The Labute approximate surface area is 309 Å². The highest BCUT2D eigenvalue weighted by Gasteiger charge is 2.66. The Morgan fingerprint density at radius 3 is 2.29 bits per heavy atom. The highest BCUT2D eigenvalue weighted by molar-refractivity contribution is 7.98. The van der Waals surface area contributed by atoms with Gasteiger partial charge in [0.25, 0.3) is 0 Å². The van der Waals surface area contributed by atoms with Crippen LogP contribution in [0.5, 0.6) is 5.75 Å². The monoisotopic (exact) mass is 743 g/mol. The van der Waals surface area contributed by atoms with E-state index in [1.54, 1.807) is 12.1 Å². The molecule has 4 bridgehead atoms. The van der Waals surface area contributed by atoms with E-state index < -0.39 is 59.7 Å². The molecule has 8 N–H and O–H groups in total. The summed E-state index contributed by atoms with van der Waals surface area (Å²) in [6.45, 7) is -0.422. The Morgan fingerprint density at radius 2 is 1.63 bits per heavy atom. The quantitative estimate of drug-likeness (QED) is 0.138. The van der Waals surface area contributed by atoms with E-state index in [4.69, 9.17) is 16.2 Å². The van der Waals surface area contributed by atoms with Crippen LogP contribution >= 0.6 is 24.2 Å². The summed E-state index contributed by atoms with van der Waals surface area (Å²) in [5, 5.41) is 17.8. The molecule has 6 rings (SSSR count). The lowest BCUT2D eigenvalue weighted by Gasteiger charge is -2.62. The molecule has 0 radical (unpaired) electrons. The maximum Gasteiger partial charge on any atom is 0.310 e. The van der Waals surface area contributed by atoms with Crippen LogP contribution in [0.25, 0.3) is 0 Å². The van der Waals surface area contributed by atoms with E-state index in [1.807, 2.05) is 36.6 Å². The van der Waals surface area contributed by atoms with E-state index in [0.29, 0.717) is 25.0 Å². The van der Waals surface area contributed by atoms with Crippen molar-refractivity contribution in [2.45, 2.75) is 69.1 Å². The fourth-order valence-electron chi connectivity index (χ4n) is 8.63. The zero-order valence-electron chi connectivity index (χ0n) is 29.0. The molecular formula is C37H50ClN5O7S. The van der Waals surface area contributed by atoms with E-state index in [2.05, 4.69) is 16.0 Å². The number of aromatic hydroxyl groups is 1. The second-order valence-electron chi connectivity index (χ2n) is 14.1. The molecule has 0 saturated heterocycles. The average Bonchev–Trinajstić information content (AvgIpc) is 3.11. The molecule has 2 aromatic rings. The van der Waals surface area contributed by atoms with Crippen molar-refractivity contribution >= 4 is 53.6 Å². The minimum Gasteiger partial charge on any atom is -0.508 e. The molecule has 4 saturated carbocycles. The lowest BCUT2D eigenvalue weighted by molar-refractivity contribution is -0.183. The first-order chi connectivity index (χ1) is 23.9. The maximum absolute atomic E-state index is 14.7. The standard InChI is InChI=1S/C37H49N5O7S.ClH/c1-49-36(48)31-26-15-23-14-24(32(26)39)19-37(31,18-23)33(45)29(17-21-6-4-3-5-7-21)41-30(44)20-40-35(47)28(12-13-50-2)42-34(46)27(38)16-22-8-10-25(43)11-9-22;/h3-11,23-24,26-29,31-32,43H,12-20,38-39H2,1-2H3,(H,40,47)(H,41,44)(H,42,46);1H/t23?,24?,26?,27-,28+,29-,31?,32?,37?;/m0./s1. The largest absolute Gasteiger partial charge is 0.508 e. The Balaban J connectivity index is 0.00000583. The van der Waals surface area contributed by atoms with Crippen LogP contribution < -0.4 is 27.4 Å². The lowest BCUT2D eigenvalue weighted by atomic mass is 9.42. The van der Waals surface area contributed by atoms with Gasteiger partial charge in [-0.05, 0) is 98.0 Å². The van der Waals surface area contributed by atoms with Crippen LogP contribution in [0.15, 0.2) is 54.6 Å². The highest BCUT2D eigenvalue weighted by Crippen LogP contribution is 2.63. The summed E-state index contributed by atoms with van der Waals surface area (Å²) in [5.41, 5.74) is 13.4. The van der Waals surface area contributed by atoms with Crippen molar-refractivity contribution in [2.75, 3.05) is 25.7 Å². The average molecular weight is 744 g/mol. The van der Waals surface area contributed by atoms with Crippen LogP contribution in [0.4, 0.5) is 0 Å². The number of ketones is 1. The fourth-order valence-corrected chi connectivity index (χ4v) is 9.10. The van der Waals surface area contributed by atoms with Crippen molar-refractivity contribution in [3.63, 3.8) is 0 Å². The molecule has 51 heavy (non-hydrogen) atoms. The summed E-state index contributed by atoms with van der Waals surface area (Å²) in [5.74, 6) is -2.05. The molecule has 0 spiro atoms. The Hall–Kier alpha value is -3.65. The van der Waals surface area contributed by atoms with E-state index >= 15 is 0 Å². The lowest BCUT2D eigenvalue weighted by Crippen LogP contribution is -2.68. The zero-order valence-corrected chi connectivity index (χ0v) is 30.7. The van der Waals surface area contributed by atoms with E-state index in [0.717, 1.165) is 24.0 Å². The number of methoxy groups -OCH3 is 1. The minimum atomic E-state index is -0.998. The number of rotatable bonds is 16. The Kier molecular flexibility index (Phi) is 13.9. The number of amides is 3. The van der Waals surface area contributed by atoms with Crippen LogP contribution in [-0.4, -0.2) is 84.4 Å². The van der Waals surface area contributed by atoms with Gasteiger partial charge < -0.3 is 37.3 Å². The van der Waals surface area contributed by atoms with E-state index in [1.165, 1.54) is 31.0 Å². The molecule has 4 aliphatic rings. The van der Waals surface area contributed by atoms with E-state index in [9.17, 15) is 29.1 Å². The minimum absolute atomic E-state index is 0. The van der Waals surface area contributed by atoms with Gasteiger partial charge in [-0.2, -0.15) is 11.8 Å². The molecule has 6 unspecified atom stereocenters. The first kappa shape index (κ1) is 40.1. The molecule has 9 atom stereocenters. The van der Waals surface area contributed by atoms with Crippen LogP contribution in [0.1, 0.15) is 43.2 Å². The summed E-state index contributed by atoms with van der Waals surface area (Å²) >= 11 is 1.51. The predicted molar refractivity (Wildman–Crippen MR) is 197 cm³/mol. The number of nitrogens with two attached hydrogens (primary N) is 2. The summed E-state index contributed by atoms with van der Waals surface area (Å²) < 4.78 is 5.24. The van der Waals surface area contributed by atoms with Crippen molar-refractivity contribution in [3.05, 3.63) is 65.7 Å². The van der Waals surface area contributed by atoms with E-state index in [-0.39, 0.29) is 60.6 Å². The summed E-state index contributed by atoms with van der Waals surface area (Å²) in [6.07, 6.45) is 5.35. The zero-order chi connectivity index (χ0) is 36.0. The number of halogens is 1. The molecule has 12 nitrogen and oxygen atoms in total. The smallest absolute Gasteiger partial charge is 0.310 e. The first-order valence-corrected chi connectivity index (χ1v) is 18.7. The van der Waals surface area contributed by atoms with Crippen LogP contribution in [-0.2, 0) is 41.6 Å². The number of carbonyl (C=O) groups excluding carboxylic acids is 5. The molecule has 3 amide bonds. The third kappa shape index (κ3) is 9.24. The van der Waals surface area contributed by atoms with Crippen molar-refractivity contribution in [2.24, 2.45) is 40.6 Å². The molecule has 4 aliphatic carbocycles. The summed E-state index contributed by atoms with van der Waals surface area (Å²) in [7, 11) is 1.33. The Bertz CT molecular complexity index is 1550. The second-order valence-corrected chi connectivity index (χ2v) is 15.1. The number of Topliss-reactive ketones (excluding diaryl/α,β-unsaturated/α-hetero) is 1. The molecule has 278 valence electrons. The summed E-state index contributed by atoms with van der Waals surface area (Å²) in [4.78, 5) is 67.8. The Morgan fingerprint density at radius 1 is 0.941 bits per heavy atom. The molecule has 2 aromatic carbocycles. The van der Waals surface area contributed by atoms with Crippen LogP contribution in [0.3, 0.4) is 0 Å². The maximum atomic E-state index is 14.7. The molecule has 0 heterocycles. The topological polar surface area (TPSA) is 203 Å². The second kappa shape index (κ2) is 17.7. The number of hydrogen-bond donors (Lipinski definition) is 6. The first-order valence-electron chi connectivity index (χ1n) is 17.3. The number of carbonyl (C=O) groups is 5. The van der Waals surface area contributed by atoms with Crippen molar-refractivity contribution in [3.8, 4) is 5.75 Å². The summed E-state index contributed by atoms with van der Waals surface area (Å²) in [6, 6.07) is 12.7. The van der Waals surface area contributed by atoms with Gasteiger partial charge in [0.2, 0.25) is 17.7 Å². The predicted octanol–water partition coefficient (Wildman–Crippen LogP) is 1.89. The normalized spacial score (nSPS) is 26.2. The number of esters is 1. The highest BCUT2D eigenvalue weighted by atomic mass is 35.5. The number of ether oxygens (including phenoxy) is 1. The van der Waals surface area contributed by atoms with Crippen molar-refractivity contribution < 1.29 is 33.8 Å². The van der Waals surface area contributed by atoms with Gasteiger partial charge in [0, 0.05) is 11.5 Å². The van der Waals surface area contributed by atoms with Gasteiger partial charge >= 0.3 is 5.97 Å². The molecular weight excluding hydrogens is 694 g/mol. The molecule has 0 aromatic heterocycles. The fraction of sp³-hybridized carbons (Fsp3) is 0.541. The van der Waals surface area contributed by atoms with Crippen LogP contribution in [0, 0.1) is 29.1 Å². The molecule has 14 heteroatoms. The van der Waals surface area contributed by atoms with Crippen LogP contribution in [0.2, 0.25) is 0 Å². The third-order valence-electron chi connectivity index (χ3n) is 10.9. The number of phenols is 1. The van der Waals surface area contributed by atoms with Gasteiger partial charge in [-0.25, -0.2) is 0 Å². The number of benzene rings is 2. The SMILES string of the molecule is COC(=O)C1C2CC3CC(CC1(C(=O)[C@H](Cc1ccccc1)NC(=O)CNC(=O)[C@@H](CCSC)NC(=O)[C@@H](N)Cc1ccc(O)cc1)C3)C2N.Cl. The number of nitrogens with one attached hydrogen (secondary N) is 3. The van der Waals surface area contributed by atoms with Gasteiger partial charge in [-0.1, -0.05) is 42.5 Å². The van der Waals surface area contributed by atoms with Gasteiger partial charge in [0.15, 0.2) is 5.78 Å². The number of thioether (sulfide) groups is 1. The van der Waals surface area contributed by atoms with Crippen molar-refractivity contribution in [1.29, 1.82) is 0 Å². The number of hydrogen-bond acceptors (Lipinski definition) is 10. The van der Waals surface area contributed by atoms with Gasteiger partial charge in [-0.15, -0.1) is 12.4 Å².